The number of aryl methyl sites for hydroxylation is 1. The van der Waals surface area contributed by atoms with Gasteiger partial charge < -0.3 is 14.8 Å². The summed E-state index contributed by atoms with van der Waals surface area (Å²) in [5.41, 5.74) is 0.941. The maximum Gasteiger partial charge on any atom is 0.325 e. The molecule has 6 heteroatoms. The number of fused-ring (bicyclic) bond motifs is 4. The van der Waals surface area contributed by atoms with Crippen LogP contribution in [-0.2, 0) is 0 Å². The zero-order chi connectivity index (χ0) is 17.8. The summed E-state index contributed by atoms with van der Waals surface area (Å²) in [6.45, 7) is 3.53. The lowest BCUT2D eigenvalue weighted by molar-refractivity contribution is 0.0349. The number of nitrogens with one attached hydrogen (secondary N) is 1. The Morgan fingerprint density at radius 2 is 2.16 bits per heavy atom. The van der Waals surface area contributed by atoms with E-state index in [9.17, 15) is 9.18 Å². The van der Waals surface area contributed by atoms with Crippen LogP contribution in [0.2, 0.25) is 0 Å². The van der Waals surface area contributed by atoms with Gasteiger partial charge in [0, 0.05) is 12.0 Å². The molecule has 0 aromatic heterocycles. The van der Waals surface area contributed by atoms with E-state index < -0.39 is 5.72 Å². The first-order chi connectivity index (χ1) is 11.9. The zero-order valence-corrected chi connectivity index (χ0v) is 14.3. The van der Waals surface area contributed by atoms with Gasteiger partial charge in [-0.1, -0.05) is 18.2 Å². The summed E-state index contributed by atoms with van der Waals surface area (Å²) in [4.78, 5) is 14.2. The Morgan fingerprint density at radius 1 is 1.36 bits per heavy atom. The molecule has 1 fully saturated rings. The van der Waals surface area contributed by atoms with Gasteiger partial charge in [0.15, 0.2) is 17.2 Å². The molecule has 2 aromatic carbocycles. The van der Waals surface area contributed by atoms with E-state index in [2.05, 4.69) is 5.32 Å². The number of nitrogens with zero attached hydrogens (tertiary/aromatic N) is 1. The fraction of sp³-hybridized carbons (Fsp3) is 0.316. The lowest BCUT2D eigenvalue weighted by Crippen LogP contribution is -2.65. The fourth-order valence-electron chi connectivity index (χ4n) is 3.63. The third kappa shape index (κ3) is 2.32. The first-order valence-corrected chi connectivity index (χ1v) is 8.16. The van der Waals surface area contributed by atoms with E-state index in [-0.39, 0.29) is 17.9 Å². The maximum atomic E-state index is 14.0. The number of halogens is 1. The van der Waals surface area contributed by atoms with Crippen molar-refractivity contribution in [2.75, 3.05) is 12.0 Å². The normalized spacial score (nSPS) is 24.2. The van der Waals surface area contributed by atoms with Crippen LogP contribution < -0.4 is 19.7 Å². The number of amides is 2. The Kier molecular flexibility index (Phi) is 3.39. The van der Waals surface area contributed by atoms with Crippen LogP contribution >= 0.6 is 0 Å². The topological polar surface area (TPSA) is 50.8 Å². The monoisotopic (exact) mass is 342 g/mol. The number of hydrogen-bond donors (Lipinski definition) is 1. The third-order valence-electron chi connectivity index (χ3n) is 4.90. The van der Waals surface area contributed by atoms with Crippen LogP contribution in [0.1, 0.15) is 30.5 Å². The van der Waals surface area contributed by atoms with Gasteiger partial charge in [0.05, 0.1) is 18.8 Å². The van der Waals surface area contributed by atoms with E-state index in [1.54, 1.807) is 26.2 Å². The maximum absolute atomic E-state index is 14.0. The molecule has 2 bridgehead atoms. The van der Waals surface area contributed by atoms with Crippen molar-refractivity contribution in [2.45, 2.75) is 32.0 Å². The summed E-state index contributed by atoms with van der Waals surface area (Å²) < 4.78 is 25.7. The summed E-state index contributed by atoms with van der Waals surface area (Å²) in [5, 5.41) is 2.99. The molecular formula is C19H19FN2O3. The molecule has 2 aromatic rings. The van der Waals surface area contributed by atoms with Crippen molar-refractivity contribution in [1.29, 1.82) is 0 Å². The number of carbonyl (C=O) groups excluding carboxylic acids is 1. The molecule has 2 aliphatic heterocycles. The van der Waals surface area contributed by atoms with Crippen molar-refractivity contribution >= 4 is 11.7 Å². The SMILES string of the molecule is COc1cccc2c1O[C@]1(C)C[C@@H]2NC(=O)N1c1ccc(C)c(F)c1. The second kappa shape index (κ2) is 5.37. The van der Waals surface area contributed by atoms with E-state index in [0.717, 1.165) is 5.56 Å². The number of carbonyl (C=O) groups is 1. The van der Waals surface area contributed by atoms with Gasteiger partial charge in [0.25, 0.3) is 0 Å². The van der Waals surface area contributed by atoms with E-state index in [1.807, 2.05) is 25.1 Å². The van der Waals surface area contributed by atoms with Crippen LogP contribution in [-0.4, -0.2) is 18.9 Å². The summed E-state index contributed by atoms with van der Waals surface area (Å²) in [7, 11) is 1.58. The van der Waals surface area contributed by atoms with E-state index in [1.165, 1.54) is 11.0 Å². The van der Waals surface area contributed by atoms with E-state index >= 15 is 0 Å². The van der Waals surface area contributed by atoms with Gasteiger partial charge in [0.2, 0.25) is 0 Å². The van der Waals surface area contributed by atoms with Gasteiger partial charge in [-0.2, -0.15) is 0 Å². The Bertz CT molecular complexity index is 870. The number of methoxy groups -OCH3 is 1. The van der Waals surface area contributed by atoms with Crippen molar-refractivity contribution in [1.82, 2.24) is 5.32 Å². The first-order valence-electron chi connectivity index (χ1n) is 8.16. The minimum absolute atomic E-state index is 0.178. The standard InChI is InChI=1S/C19H19FN2O3/c1-11-7-8-12(9-14(11)20)22-18(23)21-15-10-19(22,2)25-17-13(15)5-4-6-16(17)24-3/h4-9,15H,10H2,1-3H3,(H,21,23)/t15-,19+/m0/s1. The molecule has 0 spiro atoms. The summed E-state index contributed by atoms with van der Waals surface area (Å²) in [6, 6.07) is 9.87. The lowest BCUT2D eigenvalue weighted by atomic mass is 9.90. The number of rotatable bonds is 2. The molecule has 1 saturated heterocycles. The molecule has 2 heterocycles. The highest BCUT2D eigenvalue weighted by atomic mass is 19.1. The number of hydrogen-bond acceptors (Lipinski definition) is 3. The average molecular weight is 342 g/mol. The molecule has 1 N–H and O–H groups in total. The first kappa shape index (κ1) is 15.7. The van der Waals surface area contributed by atoms with Gasteiger partial charge in [-0.15, -0.1) is 0 Å². The number of para-hydroxylation sites is 1. The third-order valence-corrected chi connectivity index (χ3v) is 4.90. The van der Waals surface area contributed by atoms with Gasteiger partial charge in [-0.25, -0.2) is 9.18 Å². The molecule has 0 aliphatic carbocycles. The molecule has 2 atom stereocenters. The summed E-state index contributed by atoms with van der Waals surface area (Å²) >= 11 is 0. The Labute approximate surface area is 145 Å². The van der Waals surface area contributed by atoms with E-state index in [0.29, 0.717) is 29.2 Å². The van der Waals surface area contributed by atoms with Crippen LogP contribution in [0.4, 0.5) is 14.9 Å². The Morgan fingerprint density at radius 3 is 2.88 bits per heavy atom. The minimum Gasteiger partial charge on any atom is -0.493 e. The predicted molar refractivity (Wildman–Crippen MR) is 91.5 cm³/mol. The van der Waals surface area contributed by atoms with Gasteiger partial charge in [-0.3, -0.25) is 4.90 Å². The van der Waals surface area contributed by atoms with Crippen LogP contribution in [0, 0.1) is 12.7 Å². The van der Waals surface area contributed by atoms with Crippen LogP contribution in [0.25, 0.3) is 0 Å². The minimum atomic E-state index is -0.934. The summed E-state index contributed by atoms with van der Waals surface area (Å²) in [6.07, 6.45) is 0.550. The second-order valence-corrected chi connectivity index (χ2v) is 6.63. The predicted octanol–water partition coefficient (Wildman–Crippen LogP) is 3.91. The van der Waals surface area contributed by atoms with Crippen LogP contribution in [0.5, 0.6) is 11.5 Å². The molecule has 2 aliphatic rings. The van der Waals surface area contributed by atoms with E-state index in [4.69, 9.17) is 9.47 Å². The number of ether oxygens (including phenoxy) is 2. The molecule has 0 radical (unpaired) electrons. The fourth-order valence-corrected chi connectivity index (χ4v) is 3.63. The molecule has 2 amide bonds. The zero-order valence-electron chi connectivity index (χ0n) is 14.3. The number of urea groups is 1. The summed E-state index contributed by atoms with van der Waals surface area (Å²) in [5.74, 6) is 0.866. The lowest BCUT2D eigenvalue weighted by Gasteiger charge is -2.50. The van der Waals surface area contributed by atoms with Gasteiger partial charge >= 0.3 is 6.03 Å². The molecule has 0 unspecified atom stereocenters. The van der Waals surface area contributed by atoms with Crippen molar-refractivity contribution in [3.63, 3.8) is 0 Å². The highest BCUT2D eigenvalue weighted by Crippen LogP contribution is 2.49. The Hall–Kier alpha value is -2.76. The van der Waals surface area contributed by atoms with Crippen molar-refractivity contribution in [3.8, 4) is 11.5 Å². The molecule has 25 heavy (non-hydrogen) atoms. The van der Waals surface area contributed by atoms with Crippen molar-refractivity contribution < 1.29 is 18.7 Å². The molecule has 5 nitrogen and oxygen atoms in total. The number of anilines is 1. The van der Waals surface area contributed by atoms with Crippen molar-refractivity contribution in [3.05, 3.63) is 53.3 Å². The highest BCUT2D eigenvalue weighted by molar-refractivity contribution is 5.95. The average Bonchev–Trinajstić information content (AvgIpc) is 2.57. The van der Waals surface area contributed by atoms with Gasteiger partial charge in [0.1, 0.15) is 5.82 Å². The van der Waals surface area contributed by atoms with Crippen molar-refractivity contribution in [2.24, 2.45) is 0 Å². The molecule has 0 saturated carbocycles. The highest BCUT2D eigenvalue weighted by Gasteiger charge is 2.50. The molecule has 130 valence electrons. The second-order valence-electron chi connectivity index (χ2n) is 6.63. The quantitative estimate of drug-likeness (QED) is 0.900. The number of benzene rings is 2. The largest absolute Gasteiger partial charge is 0.493 e. The van der Waals surface area contributed by atoms with Gasteiger partial charge in [-0.05, 0) is 37.6 Å². The van der Waals surface area contributed by atoms with Crippen LogP contribution in [0.15, 0.2) is 36.4 Å². The Balaban J connectivity index is 1.82. The molecular weight excluding hydrogens is 323 g/mol. The smallest absolute Gasteiger partial charge is 0.325 e. The van der Waals surface area contributed by atoms with Crippen LogP contribution in [0.3, 0.4) is 0 Å². The molecule has 4 rings (SSSR count).